The van der Waals surface area contributed by atoms with E-state index in [2.05, 4.69) is 10.2 Å². The van der Waals surface area contributed by atoms with E-state index in [4.69, 9.17) is 9.47 Å². The Balaban J connectivity index is 2.22. The van der Waals surface area contributed by atoms with Gasteiger partial charge in [0.05, 0.1) is 13.2 Å². The Labute approximate surface area is 102 Å². The SMILES string of the molecule is COC(=O)C1(N2CCCNCC2)CCOC1C. The zero-order chi connectivity index (χ0) is 12.3. The highest BCUT2D eigenvalue weighted by molar-refractivity contribution is 5.82. The van der Waals surface area contributed by atoms with Gasteiger partial charge in [-0.1, -0.05) is 0 Å². The van der Waals surface area contributed by atoms with Crippen LogP contribution in [0.15, 0.2) is 0 Å². The number of hydrogen-bond donors (Lipinski definition) is 1. The van der Waals surface area contributed by atoms with Crippen molar-refractivity contribution in [2.75, 3.05) is 39.9 Å². The molecule has 98 valence electrons. The topological polar surface area (TPSA) is 50.8 Å². The molecule has 0 aliphatic carbocycles. The van der Waals surface area contributed by atoms with E-state index < -0.39 is 5.54 Å². The first-order chi connectivity index (χ1) is 8.21. The third-order valence-electron chi connectivity index (χ3n) is 3.97. The molecule has 17 heavy (non-hydrogen) atoms. The van der Waals surface area contributed by atoms with Crippen molar-refractivity contribution in [1.82, 2.24) is 10.2 Å². The second-order valence-electron chi connectivity index (χ2n) is 4.77. The fourth-order valence-electron chi connectivity index (χ4n) is 2.97. The second kappa shape index (κ2) is 5.33. The molecule has 5 heteroatoms. The number of carbonyl (C=O) groups is 1. The summed E-state index contributed by atoms with van der Waals surface area (Å²) in [6.07, 6.45) is 1.71. The van der Waals surface area contributed by atoms with E-state index in [1.807, 2.05) is 6.92 Å². The number of ether oxygens (including phenoxy) is 2. The highest BCUT2D eigenvalue weighted by atomic mass is 16.5. The van der Waals surface area contributed by atoms with Crippen LogP contribution in [-0.2, 0) is 14.3 Å². The van der Waals surface area contributed by atoms with Gasteiger partial charge in [-0.3, -0.25) is 4.90 Å². The highest BCUT2D eigenvalue weighted by Gasteiger charge is 2.53. The quantitative estimate of drug-likeness (QED) is 0.691. The van der Waals surface area contributed by atoms with Crippen molar-refractivity contribution < 1.29 is 14.3 Å². The summed E-state index contributed by atoms with van der Waals surface area (Å²) < 4.78 is 10.6. The first-order valence-corrected chi connectivity index (χ1v) is 6.37. The van der Waals surface area contributed by atoms with Gasteiger partial charge in [-0.25, -0.2) is 4.79 Å². The predicted octanol–water partition coefficient (Wildman–Crippen LogP) is 0.00230. The summed E-state index contributed by atoms with van der Waals surface area (Å²) in [6, 6.07) is 0. The molecule has 2 saturated heterocycles. The molecule has 2 rings (SSSR count). The number of esters is 1. The largest absolute Gasteiger partial charge is 0.468 e. The van der Waals surface area contributed by atoms with Gasteiger partial charge in [-0.2, -0.15) is 0 Å². The number of carbonyl (C=O) groups excluding carboxylic acids is 1. The van der Waals surface area contributed by atoms with Crippen molar-refractivity contribution in [3.8, 4) is 0 Å². The summed E-state index contributed by atoms with van der Waals surface area (Å²) >= 11 is 0. The van der Waals surface area contributed by atoms with Gasteiger partial charge in [0.25, 0.3) is 0 Å². The lowest BCUT2D eigenvalue weighted by atomic mass is 9.89. The zero-order valence-corrected chi connectivity index (χ0v) is 10.7. The maximum Gasteiger partial charge on any atom is 0.329 e. The van der Waals surface area contributed by atoms with Crippen LogP contribution in [0.25, 0.3) is 0 Å². The van der Waals surface area contributed by atoms with Gasteiger partial charge >= 0.3 is 5.97 Å². The minimum Gasteiger partial charge on any atom is -0.468 e. The van der Waals surface area contributed by atoms with Crippen LogP contribution in [0.4, 0.5) is 0 Å². The van der Waals surface area contributed by atoms with Crippen LogP contribution in [0.1, 0.15) is 19.8 Å². The fraction of sp³-hybridized carbons (Fsp3) is 0.917. The molecule has 0 aromatic carbocycles. The zero-order valence-electron chi connectivity index (χ0n) is 10.7. The Kier molecular flexibility index (Phi) is 4.01. The lowest BCUT2D eigenvalue weighted by Crippen LogP contribution is -2.60. The maximum absolute atomic E-state index is 12.2. The minimum atomic E-state index is -0.569. The minimum absolute atomic E-state index is 0.0898. The maximum atomic E-state index is 12.2. The Morgan fingerprint density at radius 3 is 2.94 bits per heavy atom. The summed E-state index contributed by atoms with van der Waals surface area (Å²) in [5.41, 5.74) is -0.569. The normalized spacial score (nSPS) is 35.5. The van der Waals surface area contributed by atoms with Crippen molar-refractivity contribution in [1.29, 1.82) is 0 Å². The monoisotopic (exact) mass is 242 g/mol. The predicted molar refractivity (Wildman–Crippen MR) is 63.8 cm³/mol. The van der Waals surface area contributed by atoms with Crippen LogP contribution >= 0.6 is 0 Å². The van der Waals surface area contributed by atoms with Gasteiger partial charge in [-0.15, -0.1) is 0 Å². The first kappa shape index (κ1) is 12.8. The van der Waals surface area contributed by atoms with Crippen molar-refractivity contribution in [3.05, 3.63) is 0 Å². The molecule has 0 radical (unpaired) electrons. The Morgan fingerprint density at radius 1 is 1.47 bits per heavy atom. The van der Waals surface area contributed by atoms with E-state index in [0.29, 0.717) is 6.61 Å². The van der Waals surface area contributed by atoms with Crippen LogP contribution in [0.5, 0.6) is 0 Å². The van der Waals surface area contributed by atoms with Crippen LogP contribution in [0, 0.1) is 0 Å². The average Bonchev–Trinajstić information content (AvgIpc) is 2.58. The third kappa shape index (κ3) is 2.19. The molecule has 0 spiro atoms. The van der Waals surface area contributed by atoms with Crippen LogP contribution in [-0.4, -0.2) is 62.4 Å². The number of hydrogen-bond acceptors (Lipinski definition) is 5. The van der Waals surface area contributed by atoms with E-state index in [1.165, 1.54) is 7.11 Å². The summed E-state index contributed by atoms with van der Waals surface area (Å²) in [5, 5.41) is 3.36. The molecule has 2 aliphatic heterocycles. The second-order valence-corrected chi connectivity index (χ2v) is 4.77. The van der Waals surface area contributed by atoms with Gasteiger partial charge in [0.15, 0.2) is 0 Å². The molecule has 2 unspecified atom stereocenters. The van der Waals surface area contributed by atoms with Gasteiger partial charge in [0.2, 0.25) is 0 Å². The molecule has 2 fully saturated rings. The molecule has 0 saturated carbocycles. The summed E-state index contributed by atoms with van der Waals surface area (Å²) in [6.45, 7) is 6.36. The van der Waals surface area contributed by atoms with Crippen molar-refractivity contribution in [3.63, 3.8) is 0 Å². The number of nitrogens with one attached hydrogen (secondary N) is 1. The van der Waals surface area contributed by atoms with Crippen LogP contribution in [0.3, 0.4) is 0 Å². The molecule has 1 N–H and O–H groups in total. The van der Waals surface area contributed by atoms with Crippen molar-refractivity contribution >= 4 is 5.97 Å². The van der Waals surface area contributed by atoms with E-state index in [1.54, 1.807) is 0 Å². The Hall–Kier alpha value is -0.650. The molecule has 2 heterocycles. The smallest absolute Gasteiger partial charge is 0.329 e. The molecule has 0 aromatic rings. The van der Waals surface area contributed by atoms with E-state index in [-0.39, 0.29) is 12.1 Å². The number of rotatable bonds is 2. The number of nitrogens with zero attached hydrogens (tertiary/aromatic N) is 1. The third-order valence-corrected chi connectivity index (χ3v) is 3.97. The van der Waals surface area contributed by atoms with Crippen molar-refractivity contribution in [2.24, 2.45) is 0 Å². The Bertz CT molecular complexity index is 277. The van der Waals surface area contributed by atoms with E-state index in [9.17, 15) is 4.79 Å². The molecule has 5 nitrogen and oxygen atoms in total. The van der Waals surface area contributed by atoms with Crippen molar-refractivity contribution in [2.45, 2.75) is 31.4 Å². The van der Waals surface area contributed by atoms with E-state index >= 15 is 0 Å². The van der Waals surface area contributed by atoms with Gasteiger partial charge in [0.1, 0.15) is 5.54 Å². The molecular weight excluding hydrogens is 220 g/mol. The summed E-state index contributed by atoms with van der Waals surface area (Å²) in [4.78, 5) is 14.4. The molecule has 2 atom stereocenters. The molecule has 0 amide bonds. The molecule has 0 bridgehead atoms. The standard InChI is InChI=1S/C12H22N2O3/c1-10-12(4-9-17-10,11(15)16-2)14-7-3-5-13-6-8-14/h10,13H,3-9H2,1-2H3. The van der Waals surface area contributed by atoms with Crippen LogP contribution < -0.4 is 5.32 Å². The summed E-state index contributed by atoms with van der Waals surface area (Å²) in [7, 11) is 1.46. The fourth-order valence-corrected chi connectivity index (χ4v) is 2.97. The van der Waals surface area contributed by atoms with Gasteiger partial charge in [0, 0.05) is 32.7 Å². The first-order valence-electron chi connectivity index (χ1n) is 6.37. The molecule has 2 aliphatic rings. The Morgan fingerprint density at radius 2 is 2.29 bits per heavy atom. The lowest BCUT2D eigenvalue weighted by Gasteiger charge is -2.39. The van der Waals surface area contributed by atoms with Gasteiger partial charge in [-0.05, 0) is 19.9 Å². The summed E-state index contributed by atoms with van der Waals surface area (Å²) in [5.74, 6) is -0.149. The molecular formula is C12H22N2O3. The van der Waals surface area contributed by atoms with Gasteiger partial charge < -0.3 is 14.8 Å². The van der Waals surface area contributed by atoms with Crippen LogP contribution in [0.2, 0.25) is 0 Å². The average molecular weight is 242 g/mol. The van der Waals surface area contributed by atoms with E-state index in [0.717, 1.165) is 39.0 Å². The highest BCUT2D eigenvalue weighted by Crippen LogP contribution is 2.33. The molecule has 0 aromatic heterocycles. The number of methoxy groups -OCH3 is 1. The lowest BCUT2D eigenvalue weighted by molar-refractivity contribution is -0.159.